The number of halogens is 1. The summed E-state index contributed by atoms with van der Waals surface area (Å²) in [4.78, 5) is 10.9. The zero-order valence-corrected chi connectivity index (χ0v) is 10.9. The van der Waals surface area contributed by atoms with Crippen molar-refractivity contribution >= 4 is 28.7 Å². The van der Waals surface area contributed by atoms with Crippen LogP contribution in [0.1, 0.15) is 10.4 Å². The van der Waals surface area contributed by atoms with Crippen molar-refractivity contribution in [1.82, 2.24) is 0 Å². The maximum atomic E-state index is 10.9. The first-order valence-electron chi connectivity index (χ1n) is 6.02. The number of carbonyl (C=O) groups excluding carboxylic acids is 1. The topological polar surface area (TPSA) is 17.1 Å². The minimum Gasteiger partial charge on any atom is -0.298 e. The van der Waals surface area contributed by atoms with Crippen molar-refractivity contribution in [3.8, 4) is 11.1 Å². The van der Waals surface area contributed by atoms with Crippen LogP contribution in [0.5, 0.6) is 0 Å². The van der Waals surface area contributed by atoms with Crippen molar-refractivity contribution in [2.45, 2.75) is 0 Å². The van der Waals surface area contributed by atoms with E-state index in [-0.39, 0.29) is 0 Å². The van der Waals surface area contributed by atoms with Gasteiger partial charge in [0.25, 0.3) is 0 Å². The van der Waals surface area contributed by atoms with Gasteiger partial charge in [-0.05, 0) is 34.5 Å². The van der Waals surface area contributed by atoms with Gasteiger partial charge in [0.05, 0.1) is 0 Å². The fourth-order valence-corrected chi connectivity index (χ4v) is 2.42. The van der Waals surface area contributed by atoms with Crippen molar-refractivity contribution in [1.29, 1.82) is 0 Å². The van der Waals surface area contributed by atoms with Crippen LogP contribution in [-0.4, -0.2) is 6.29 Å². The van der Waals surface area contributed by atoms with E-state index in [1.165, 1.54) is 5.39 Å². The number of benzene rings is 3. The Balaban J connectivity index is 2.21. The van der Waals surface area contributed by atoms with E-state index in [9.17, 15) is 4.79 Å². The summed E-state index contributed by atoms with van der Waals surface area (Å²) in [5, 5.41) is 3.00. The summed E-state index contributed by atoms with van der Waals surface area (Å²) < 4.78 is 0. The number of fused-ring (bicyclic) bond motifs is 1. The Labute approximate surface area is 116 Å². The molecular formula is C17H11ClO. The molecule has 0 fully saturated rings. The highest BCUT2D eigenvalue weighted by molar-refractivity contribution is 6.33. The van der Waals surface area contributed by atoms with Crippen molar-refractivity contribution in [3.63, 3.8) is 0 Å². The molecule has 3 aromatic carbocycles. The first kappa shape index (κ1) is 11.9. The van der Waals surface area contributed by atoms with Crippen molar-refractivity contribution in [2.24, 2.45) is 0 Å². The number of carbonyl (C=O) groups is 1. The molecule has 0 bridgehead atoms. The van der Waals surface area contributed by atoms with Crippen molar-refractivity contribution in [2.75, 3.05) is 0 Å². The van der Waals surface area contributed by atoms with Gasteiger partial charge >= 0.3 is 0 Å². The van der Waals surface area contributed by atoms with Crippen molar-refractivity contribution in [3.05, 3.63) is 71.2 Å². The molecule has 0 N–H and O–H groups in total. The lowest BCUT2D eigenvalue weighted by Crippen LogP contribution is -1.85. The normalized spacial score (nSPS) is 10.6. The Bertz CT molecular complexity index is 762. The fraction of sp³-hybridized carbons (Fsp3) is 0. The average Bonchev–Trinajstić information content (AvgIpc) is 2.47. The summed E-state index contributed by atoms with van der Waals surface area (Å²) in [6.45, 7) is 0. The van der Waals surface area contributed by atoms with Crippen LogP contribution in [0.25, 0.3) is 21.9 Å². The smallest absolute Gasteiger partial charge is 0.150 e. The summed E-state index contributed by atoms with van der Waals surface area (Å²) in [6.07, 6.45) is 0.834. The van der Waals surface area contributed by atoms with Crippen LogP contribution in [0, 0.1) is 0 Å². The van der Waals surface area contributed by atoms with Gasteiger partial charge in [-0.2, -0.15) is 0 Å². The van der Waals surface area contributed by atoms with Gasteiger partial charge in [0.2, 0.25) is 0 Å². The predicted octanol–water partition coefficient (Wildman–Crippen LogP) is 4.97. The van der Waals surface area contributed by atoms with Crippen LogP contribution >= 0.6 is 11.6 Å². The van der Waals surface area contributed by atoms with Gasteiger partial charge in [0.1, 0.15) is 6.29 Å². The number of aldehydes is 1. The summed E-state index contributed by atoms with van der Waals surface area (Å²) in [5.74, 6) is 0. The SMILES string of the molecule is O=Cc1ccc(Cl)c(-c2ccc3ccccc3c2)c1. The second kappa shape index (κ2) is 4.87. The van der Waals surface area contributed by atoms with E-state index in [1.807, 2.05) is 24.3 Å². The molecule has 0 aliphatic rings. The van der Waals surface area contributed by atoms with E-state index in [0.717, 1.165) is 22.8 Å². The van der Waals surface area contributed by atoms with E-state index in [2.05, 4.69) is 24.3 Å². The van der Waals surface area contributed by atoms with Crippen LogP contribution in [0.2, 0.25) is 5.02 Å². The van der Waals surface area contributed by atoms with Crippen LogP contribution in [0.15, 0.2) is 60.7 Å². The van der Waals surface area contributed by atoms with Crippen LogP contribution in [0.3, 0.4) is 0 Å². The van der Waals surface area contributed by atoms with Gasteiger partial charge < -0.3 is 0 Å². The molecule has 0 heterocycles. The molecule has 3 rings (SSSR count). The van der Waals surface area contributed by atoms with Gasteiger partial charge in [0, 0.05) is 16.1 Å². The standard InChI is InChI=1S/C17H11ClO/c18-17-8-5-12(11-19)9-16(17)15-7-6-13-3-1-2-4-14(13)10-15/h1-11H. The van der Waals surface area contributed by atoms with Crippen LogP contribution < -0.4 is 0 Å². The number of hydrogen-bond acceptors (Lipinski definition) is 1. The van der Waals surface area contributed by atoms with Crippen LogP contribution in [0.4, 0.5) is 0 Å². The fourth-order valence-electron chi connectivity index (χ4n) is 2.19. The third-order valence-corrected chi connectivity index (χ3v) is 3.52. The predicted molar refractivity (Wildman–Crippen MR) is 79.8 cm³/mol. The maximum Gasteiger partial charge on any atom is 0.150 e. The molecule has 0 saturated carbocycles. The summed E-state index contributed by atoms with van der Waals surface area (Å²) in [5.41, 5.74) is 2.54. The zero-order chi connectivity index (χ0) is 13.2. The van der Waals surface area contributed by atoms with E-state index in [4.69, 9.17) is 11.6 Å². The highest BCUT2D eigenvalue weighted by atomic mass is 35.5. The largest absolute Gasteiger partial charge is 0.298 e. The Morgan fingerprint density at radius 3 is 2.42 bits per heavy atom. The lowest BCUT2D eigenvalue weighted by molar-refractivity contribution is 0.112. The van der Waals surface area contributed by atoms with E-state index in [0.29, 0.717) is 10.6 Å². The summed E-state index contributed by atoms with van der Waals surface area (Å²) in [7, 11) is 0. The summed E-state index contributed by atoms with van der Waals surface area (Å²) >= 11 is 6.22. The van der Waals surface area contributed by atoms with E-state index in [1.54, 1.807) is 12.1 Å². The average molecular weight is 267 g/mol. The first-order chi connectivity index (χ1) is 9.28. The molecule has 0 atom stereocenters. The van der Waals surface area contributed by atoms with Gasteiger partial charge in [0.15, 0.2) is 0 Å². The number of rotatable bonds is 2. The molecule has 0 aromatic heterocycles. The Hall–Kier alpha value is -2.12. The molecule has 19 heavy (non-hydrogen) atoms. The monoisotopic (exact) mass is 266 g/mol. The third-order valence-electron chi connectivity index (χ3n) is 3.19. The van der Waals surface area contributed by atoms with Crippen LogP contribution in [-0.2, 0) is 0 Å². The molecule has 0 radical (unpaired) electrons. The zero-order valence-electron chi connectivity index (χ0n) is 10.1. The molecule has 0 saturated heterocycles. The second-order valence-electron chi connectivity index (χ2n) is 4.42. The Morgan fingerprint density at radius 1 is 0.842 bits per heavy atom. The molecule has 0 spiro atoms. The molecular weight excluding hydrogens is 256 g/mol. The quantitative estimate of drug-likeness (QED) is 0.598. The third kappa shape index (κ3) is 2.25. The highest BCUT2D eigenvalue weighted by Gasteiger charge is 2.05. The maximum absolute atomic E-state index is 10.9. The lowest BCUT2D eigenvalue weighted by atomic mass is 10.00. The minimum atomic E-state index is 0.632. The number of hydrogen-bond donors (Lipinski definition) is 0. The van der Waals surface area contributed by atoms with Gasteiger partial charge in [-0.3, -0.25) is 4.79 Å². The molecule has 3 aromatic rings. The minimum absolute atomic E-state index is 0.632. The Morgan fingerprint density at radius 2 is 1.63 bits per heavy atom. The molecule has 1 nitrogen and oxygen atoms in total. The molecule has 0 aliphatic carbocycles. The molecule has 0 aliphatic heterocycles. The first-order valence-corrected chi connectivity index (χ1v) is 6.39. The Kier molecular flexibility index (Phi) is 3.06. The lowest BCUT2D eigenvalue weighted by Gasteiger charge is -2.07. The van der Waals surface area contributed by atoms with Gasteiger partial charge in [-0.15, -0.1) is 0 Å². The molecule has 92 valence electrons. The molecule has 0 amide bonds. The van der Waals surface area contributed by atoms with E-state index >= 15 is 0 Å². The highest BCUT2D eigenvalue weighted by Crippen LogP contribution is 2.30. The molecule has 0 unspecified atom stereocenters. The van der Waals surface area contributed by atoms with Gasteiger partial charge in [-0.25, -0.2) is 0 Å². The second-order valence-corrected chi connectivity index (χ2v) is 4.83. The van der Waals surface area contributed by atoms with Crippen molar-refractivity contribution < 1.29 is 4.79 Å². The summed E-state index contributed by atoms with van der Waals surface area (Å²) in [6, 6.07) is 19.6. The van der Waals surface area contributed by atoms with Gasteiger partial charge in [-0.1, -0.05) is 54.1 Å². The molecule has 2 heteroatoms. The van der Waals surface area contributed by atoms with E-state index < -0.39 is 0 Å².